The molecule has 6 nitrogen and oxygen atoms in total. The molecule has 1 saturated heterocycles. The largest absolute Gasteiger partial charge is 0.633 e. The first-order chi connectivity index (χ1) is 9.45. The van der Waals surface area contributed by atoms with E-state index in [0.717, 1.165) is 0 Å². The predicted molar refractivity (Wildman–Crippen MR) is 70.0 cm³/mol. The van der Waals surface area contributed by atoms with Crippen molar-refractivity contribution in [3.63, 3.8) is 0 Å². The van der Waals surface area contributed by atoms with Gasteiger partial charge in [-0.05, 0) is 17.7 Å². The van der Waals surface area contributed by atoms with Gasteiger partial charge in [-0.2, -0.15) is 0 Å². The molecule has 1 aromatic rings. The minimum absolute atomic E-state index is 0.0710. The van der Waals surface area contributed by atoms with Gasteiger partial charge in [-0.15, -0.1) is 0 Å². The van der Waals surface area contributed by atoms with Gasteiger partial charge >= 0.3 is 0 Å². The molecule has 1 heterocycles. The van der Waals surface area contributed by atoms with Crippen LogP contribution in [-0.2, 0) is 4.74 Å². The maximum absolute atomic E-state index is 12.9. The Morgan fingerprint density at radius 1 is 1.40 bits per heavy atom. The van der Waals surface area contributed by atoms with Gasteiger partial charge in [-0.25, -0.2) is 4.39 Å². The number of hydrogen-bond acceptors (Lipinski definition) is 4. The van der Waals surface area contributed by atoms with E-state index >= 15 is 0 Å². The average molecular weight is 284 g/mol. The standard InChI is InChI=1S/C13H17FN2O4/c1-20-7-6-16(19)8-12(13(9-16)15(17)18)10-2-4-11(14)5-3-10/h2-5,12-13H,6-9H2,1H3/t12-,13+,16?/m0/s1. The van der Waals surface area contributed by atoms with Crippen molar-refractivity contribution in [1.82, 2.24) is 0 Å². The average Bonchev–Trinajstić information content (AvgIpc) is 2.76. The zero-order chi connectivity index (χ0) is 14.8. The zero-order valence-electron chi connectivity index (χ0n) is 11.2. The van der Waals surface area contributed by atoms with Crippen LogP contribution < -0.4 is 0 Å². The van der Waals surface area contributed by atoms with Crippen LogP contribution in [0.2, 0.25) is 0 Å². The van der Waals surface area contributed by atoms with E-state index in [0.29, 0.717) is 5.56 Å². The van der Waals surface area contributed by atoms with Crippen LogP contribution in [0.3, 0.4) is 0 Å². The monoisotopic (exact) mass is 284 g/mol. The molecule has 7 heteroatoms. The normalized spacial score (nSPS) is 29.6. The topological polar surface area (TPSA) is 75.4 Å². The number of nitro groups is 1. The molecule has 0 aliphatic carbocycles. The number of methoxy groups -OCH3 is 1. The Balaban J connectivity index is 2.21. The molecular formula is C13H17FN2O4. The fourth-order valence-electron chi connectivity index (χ4n) is 2.71. The Morgan fingerprint density at radius 2 is 2.05 bits per heavy atom. The lowest BCUT2D eigenvalue weighted by Crippen LogP contribution is -2.43. The summed E-state index contributed by atoms with van der Waals surface area (Å²) in [6, 6.07) is 4.62. The maximum atomic E-state index is 12.9. The van der Waals surface area contributed by atoms with Crippen molar-refractivity contribution in [2.75, 3.05) is 33.4 Å². The molecule has 20 heavy (non-hydrogen) atoms. The Bertz CT molecular complexity index is 482. The van der Waals surface area contributed by atoms with Crippen LogP contribution in [0.15, 0.2) is 24.3 Å². The van der Waals surface area contributed by atoms with Crippen molar-refractivity contribution in [2.24, 2.45) is 0 Å². The van der Waals surface area contributed by atoms with E-state index in [-0.39, 0.29) is 26.2 Å². The van der Waals surface area contributed by atoms with E-state index in [2.05, 4.69) is 0 Å². The molecule has 2 rings (SSSR count). The van der Waals surface area contributed by atoms with E-state index in [1.54, 1.807) is 0 Å². The lowest BCUT2D eigenvalue weighted by molar-refractivity contribution is -0.874. The number of quaternary nitrogens is 1. The van der Waals surface area contributed by atoms with Crippen LogP contribution >= 0.6 is 0 Å². The molecular weight excluding hydrogens is 267 g/mol. The summed E-state index contributed by atoms with van der Waals surface area (Å²) < 4.78 is 17.2. The van der Waals surface area contributed by atoms with Gasteiger partial charge in [0.2, 0.25) is 0 Å². The molecule has 1 aliphatic rings. The van der Waals surface area contributed by atoms with Crippen LogP contribution in [0.5, 0.6) is 0 Å². The highest BCUT2D eigenvalue weighted by atomic mass is 19.1. The number of likely N-dealkylation sites (tertiary alicyclic amines) is 1. The van der Waals surface area contributed by atoms with Gasteiger partial charge in [0.15, 0.2) is 0 Å². The number of halogens is 1. The summed E-state index contributed by atoms with van der Waals surface area (Å²) in [5.74, 6) is -0.883. The molecule has 110 valence electrons. The molecule has 0 bridgehead atoms. The van der Waals surface area contributed by atoms with Crippen molar-refractivity contribution in [3.8, 4) is 0 Å². The molecule has 1 fully saturated rings. The second kappa shape index (κ2) is 5.82. The minimum Gasteiger partial charge on any atom is -0.633 e. The fraction of sp³-hybridized carbons (Fsp3) is 0.538. The second-order valence-corrected chi connectivity index (χ2v) is 5.15. The third kappa shape index (κ3) is 3.12. The molecule has 1 unspecified atom stereocenters. The highest BCUT2D eigenvalue weighted by Gasteiger charge is 2.48. The van der Waals surface area contributed by atoms with Crippen LogP contribution in [-0.4, -0.2) is 49.0 Å². The van der Waals surface area contributed by atoms with Crippen LogP contribution in [0, 0.1) is 21.1 Å². The van der Waals surface area contributed by atoms with Crippen molar-refractivity contribution in [2.45, 2.75) is 12.0 Å². The Hall–Kier alpha value is -1.57. The van der Waals surface area contributed by atoms with Gasteiger partial charge in [0.05, 0.1) is 13.2 Å². The molecule has 0 saturated carbocycles. The van der Waals surface area contributed by atoms with Crippen molar-refractivity contribution in [1.29, 1.82) is 0 Å². The van der Waals surface area contributed by atoms with Crippen molar-refractivity contribution < 1.29 is 18.7 Å². The van der Waals surface area contributed by atoms with Gasteiger partial charge in [0.1, 0.15) is 24.8 Å². The summed E-state index contributed by atoms with van der Waals surface area (Å²) in [5, 5.41) is 23.7. The van der Waals surface area contributed by atoms with Gasteiger partial charge in [0.25, 0.3) is 6.04 Å². The highest BCUT2D eigenvalue weighted by molar-refractivity contribution is 5.22. The van der Waals surface area contributed by atoms with Crippen molar-refractivity contribution in [3.05, 3.63) is 51.0 Å². The van der Waals surface area contributed by atoms with Gasteiger partial charge in [0, 0.05) is 12.0 Å². The lowest BCUT2D eigenvalue weighted by atomic mass is 9.95. The molecule has 0 spiro atoms. The predicted octanol–water partition coefficient (Wildman–Crippen LogP) is 1.53. The van der Waals surface area contributed by atoms with Gasteiger partial charge in [-0.1, -0.05) is 12.1 Å². The molecule has 3 atom stereocenters. The molecule has 1 aromatic carbocycles. The Kier molecular flexibility index (Phi) is 4.32. The molecule has 0 aromatic heterocycles. The minimum atomic E-state index is -0.935. The molecule has 0 N–H and O–H groups in total. The number of nitrogens with zero attached hydrogens (tertiary/aromatic N) is 2. The first kappa shape index (κ1) is 14.8. The first-order valence-corrected chi connectivity index (χ1v) is 6.40. The molecule has 1 aliphatic heterocycles. The van der Waals surface area contributed by atoms with E-state index in [4.69, 9.17) is 4.74 Å². The maximum Gasteiger partial charge on any atom is 0.273 e. The summed E-state index contributed by atoms with van der Waals surface area (Å²) in [4.78, 5) is 10.8. The first-order valence-electron chi connectivity index (χ1n) is 6.40. The van der Waals surface area contributed by atoms with Crippen molar-refractivity contribution >= 4 is 0 Å². The third-order valence-corrected chi connectivity index (χ3v) is 3.79. The van der Waals surface area contributed by atoms with Crippen LogP contribution in [0.25, 0.3) is 0 Å². The van der Waals surface area contributed by atoms with Crippen LogP contribution in [0.1, 0.15) is 11.5 Å². The fourth-order valence-corrected chi connectivity index (χ4v) is 2.71. The van der Waals surface area contributed by atoms with E-state index in [9.17, 15) is 19.7 Å². The quantitative estimate of drug-likeness (QED) is 0.355. The SMILES string of the molecule is COCC[N+]1([O-])C[C@@H]([N+](=O)[O-])[C@H](c2ccc(F)cc2)C1. The smallest absolute Gasteiger partial charge is 0.273 e. The number of hydrogen-bond donors (Lipinski definition) is 0. The highest BCUT2D eigenvalue weighted by Crippen LogP contribution is 2.33. The number of hydroxylamine groups is 3. The summed E-state index contributed by atoms with van der Waals surface area (Å²) in [7, 11) is 1.49. The Morgan fingerprint density at radius 3 is 2.60 bits per heavy atom. The van der Waals surface area contributed by atoms with E-state index in [1.165, 1.54) is 31.4 Å². The zero-order valence-corrected chi connectivity index (χ0v) is 11.2. The second-order valence-electron chi connectivity index (χ2n) is 5.15. The third-order valence-electron chi connectivity index (χ3n) is 3.79. The number of ether oxygens (including phenoxy) is 1. The number of benzene rings is 1. The summed E-state index contributed by atoms with van der Waals surface area (Å²) in [6.07, 6.45) is 0. The molecule has 0 amide bonds. The Labute approximate surface area is 116 Å². The summed E-state index contributed by atoms with van der Waals surface area (Å²) in [5.41, 5.74) is 0.640. The summed E-state index contributed by atoms with van der Waals surface area (Å²) >= 11 is 0. The molecule has 0 radical (unpaired) electrons. The number of rotatable bonds is 5. The lowest BCUT2D eigenvalue weighted by Gasteiger charge is -2.37. The van der Waals surface area contributed by atoms with Crippen LogP contribution in [0.4, 0.5) is 4.39 Å². The van der Waals surface area contributed by atoms with E-state index in [1.807, 2.05) is 0 Å². The van der Waals surface area contributed by atoms with Gasteiger partial charge < -0.3 is 14.6 Å². The summed E-state index contributed by atoms with van der Waals surface area (Å²) in [6.45, 7) is 0.516. The van der Waals surface area contributed by atoms with E-state index < -0.39 is 27.3 Å². The van der Waals surface area contributed by atoms with Gasteiger partial charge in [-0.3, -0.25) is 10.1 Å².